The topological polar surface area (TPSA) is 57.5 Å². The van der Waals surface area contributed by atoms with Crippen LogP contribution in [0.15, 0.2) is 30.5 Å². The smallest absolute Gasteiger partial charge is 0.404 e. The van der Waals surface area contributed by atoms with Crippen molar-refractivity contribution in [2.75, 3.05) is 19.6 Å². The Balaban J connectivity index is 1.39. The average molecular weight is 412 g/mol. The molecule has 0 radical (unpaired) electrons. The van der Waals surface area contributed by atoms with Gasteiger partial charge in [0.05, 0.1) is 0 Å². The SMILES string of the molecule is CC(C)C1CCC(N2CCC(n3cc(CCNC(=O)O)c4ccccc43)CC2)CC1. The van der Waals surface area contributed by atoms with Crippen LogP contribution in [0, 0.1) is 11.8 Å². The molecule has 1 aliphatic heterocycles. The third-order valence-corrected chi connectivity index (χ3v) is 7.59. The van der Waals surface area contributed by atoms with Crippen molar-refractivity contribution in [1.82, 2.24) is 14.8 Å². The van der Waals surface area contributed by atoms with Crippen LogP contribution in [-0.2, 0) is 6.42 Å². The van der Waals surface area contributed by atoms with Gasteiger partial charge in [-0.15, -0.1) is 0 Å². The van der Waals surface area contributed by atoms with E-state index >= 15 is 0 Å². The number of nitrogens with zero attached hydrogens (tertiary/aromatic N) is 2. The average Bonchev–Trinajstić information content (AvgIpc) is 3.12. The van der Waals surface area contributed by atoms with Crippen molar-refractivity contribution in [1.29, 1.82) is 0 Å². The fourth-order valence-corrected chi connectivity index (χ4v) is 5.75. The quantitative estimate of drug-likeness (QED) is 0.678. The third-order valence-electron chi connectivity index (χ3n) is 7.59. The number of rotatable bonds is 6. The third kappa shape index (κ3) is 4.66. The van der Waals surface area contributed by atoms with Crippen LogP contribution in [0.25, 0.3) is 10.9 Å². The van der Waals surface area contributed by atoms with E-state index in [2.05, 4.69) is 59.1 Å². The van der Waals surface area contributed by atoms with Crippen LogP contribution in [0.3, 0.4) is 0 Å². The van der Waals surface area contributed by atoms with Crippen molar-refractivity contribution < 1.29 is 9.90 Å². The van der Waals surface area contributed by atoms with Gasteiger partial charge in [0, 0.05) is 48.8 Å². The number of fused-ring (bicyclic) bond motifs is 1. The number of amides is 1. The fraction of sp³-hybridized carbons (Fsp3) is 0.640. The molecule has 30 heavy (non-hydrogen) atoms. The van der Waals surface area contributed by atoms with E-state index in [9.17, 15) is 4.79 Å². The van der Waals surface area contributed by atoms with Crippen molar-refractivity contribution in [2.45, 2.75) is 70.9 Å². The molecule has 2 aromatic rings. The van der Waals surface area contributed by atoms with Gasteiger partial charge in [-0.3, -0.25) is 0 Å². The highest BCUT2D eigenvalue weighted by Crippen LogP contribution is 2.35. The summed E-state index contributed by atoms with van der Waals surface area (Å²) in [5.74, 6) is 1.76. The molecule has 1 aromatic carbocycles. The van der Waals surface area contributed by atoms with Gasteiger partial charge in [-0.1, -0.05) is 32.0 Å². The van der Waals surface area contributed by atoms with E-state index in [1.54, 1.807) is 0 Å². The van der Waals surface area contributed by atoms with Crippen molar-refractivity contribution in [3.8, 4) is 0 Å². The first-order valence-electron chi connectivity index (χ1n) is 11.8. The summed E-state index contributed by atoms with van der Waals surface area (Å²) in [6, 6.07) is 9.91. The summed E-state index contributed by atoms with van der Waals surface area (Å²) in [5, 5.41) is 12.6. The van der Waals surface area contributed by atoms with Gasteiger partial charge in [0.25, 0.3) is 0 Å². The predicted octanol–water partition coefficient (Wildman–Crippen LogP) is 5.30. The summed E-state index contributed by atoms with van der Waals surface area (Å²) in [6.45, 7) is 7.61. The number of benzene rings is 1. The minimum Gasteiger partial charge on any atom is -0.465 e. The number of nitrogens with one attached hydrogen (secondary N) is 1. The van der Waals surface area contributed by atoms with E-state index in [4.69, 9.17) is 5.11 Å². The highest BCUT2D eigenvalue weighted by molar-refractivity contribution is 5.84. The van der Waals surface area contributed by atoms with Crippen molar-refractivity contribution in [3.63, 3.8) is 0 Å². The standard InChI is InChI=1S/C25H37N3O2/c1-18(2)19-7-9-21(10-8-19)27-15-12-22(13-16-27)28-17-20(11-14-26-25(29)30)23-5-3-4-6-24(23)28/h3-6,17-19,21-22,26H,7-16H2,1-2H3,(H,29,30). The fourth-order valence-electron chi connectivity index (χ4n) is 5.75. The molecule has 2 heterocycles. The van der Waals surface area contributed by atoms with Gasteiger partial charge in [-0.25, -0.2) is 4.79 Å². The summed E-state index contributed by atoms with van der Waals surface area (Å²) in [5.41, 5.74) is 2.53. The molecule has 1 saturated carbocycles. The second-order valence-electron chi connectivity index (χ2n) is 9.64. The number of para-hydroxylation sites is 1. The summed E-state index contributed by atoms with van der Waals surface area (Å²) < 4.78 is 2.47. The highest BCUT2D eigenvalue weighted by Gasteiger charge is 2.30. The van der Waals surface area contributed by atoms with E-state index in [1.165, 1.54) is 68.1 Å². The van der Waals surface area contributed by atoms with Gasteiger partial charge in [-0.05, 0) is 68.4 Å². The van der Waals surface area contributed by atoms with E-state index in [1.807, 2.05) is 0 Å². The lowest BCUT2D eigenvalue weighted by atomic mass is 9.79. The van der Waals surface area contributed by atoms with Gasteiger partial charge in [0.1, 0.15) is 0 Å². The molecule has 1 aliphatic carbocycles. The second kappa shape index (κ2) is 9.42. The molecule has 5 nitrogen and oxygen atoms in total. The van der Waals surface area contributed by atoms with E-state index in [-0.39, 0.29) is 0 Å². The molecule has 0 atom stereocenters. The minimum atomic E-state index is -0.950. The molecule has 0 unspecified atom stereocenters. The number of carbonyl (C=O) groups is 1. The van der Waals surface area contributed by atoms with Crippen molar-refractivity contribution in [3.05, 3.63) is 36.0 Å². The van der Waals surface area contributed by atoms with Crippen LogP contribution >= 0.6 is 0 Å². The van der Waals surface area contributed by atoms with Crippen LogP contribution in [0.1, 0.15) is 64.0 Å². The zero-order valence-electron chi connectivity index (χ0n) is 18.5. The maximum atomic E-state index is 10.8. The number of likely N-dealkylation sites (tertiary alicyclic amines) is 1. The van der Waals surface area contributed by atoms with E-state index in [0.717, 1.165) is 24.3 Å². The van der Waals surface area contributed by atoms with E-state index in [0.29, 0.717) is 12.6 Å². The second-order valence-corrected chi connectivity index (χ2v) is 9.64. The lowest BCUT2D eigenvalue weighted by Crippen LogP contribution is -2.43. The maximum absolute atomic E-state index is 10.8. The van der Waals surface area contributed by atoms with Crippen LogP contribution in [-0.4, -0.2) is 46.3 Å². The normalized spacial score (nSPS) is 23.8. The highest BCUT2D eigenvalue weighted by atomic mass is 16.4. The van der Waals surface area contributed by atoms with Gasteiger partial charge in [0.2, 0.25) is 0 Å². The molecule has 4 rings (SSSR count). The van der Waals surface area contributed by atoms with Crippen molar-refractivity contribution in [2.24, 2.45) is 11.8 Å². The Kier molecular flexibility index (Phi) is 6.67. The molecule has 1 aromatic heterocycles. The number of hydrogen-bond donors (Lipinski definition) is 2. The molecule has 2 N–H and O–H groups in total. The van der Waals surface area contributed by atoms with Gasteiger partial charge < -0.3 is 19.9 Å². The Morgan fingerprint density at radius 3 is 2.43 bits per heavy atom. The Labute approximate surface area is 180 Å². The van der Waals surface area contributed by atoms with Gasteiger partial charge >= 0.3 is 6.09 Å². The minimum absolute atomic E-state index is 0.459. The Morgan fingerprint density at radius 2 is 1.77 bits per heavy atom. The lowest BCUT2D eigenvalue weighted by molar-refractivity contribution is 0.0894. The molecule has 5 heteroatoms. The molecule has 1 saturated heterocycles. The summed E-state index contributed by atoms with van der Waals surface area (Å²) in [6.07, 6.45) is 10.0. The Bertz CT molecular complexity index is 843. The number of carboxylic acid groups (broad SMARTS) is 1. The van der Waals surface area contributed by atoms with Gasteiger partial charge in [-0.2, -0.15) is 0 Å². The van der Waals surface area contributed by atoms with Crippen LogP contribution in [0.4, 0.5) is 4.79 Å². The summed E-state index contributed by atoms with van der Waals surface area (Å²) >= 11 is 0. The molecule has 1 amide bonds. The first-order valence-corrected chi connectivity index (χ1v) is 11.8. The summed E-state index contributed by atoms with van der Waals surface area (Å²) in [7, 11) is 0. The largest absolute Gasteiger partial charge is 0.465 e. The van der Waals surface area contributed by atoms with Crippen LogP contribution in [0.5, 0.6) is 0 Å². The maximum Gasteiger partial charge on any atom is 0.404 e. The van der Waals surface area contributed by atoms with E-state index < -0.39 is 6.09 Å². The summed E-state index contributed by atoms with van der Waals surface area (Å²) in [4.78, 5) is 13.6. The number of aromatic nitrogens is 1. The zero-order valence-corrected chi connectivity index (χ0v) is 18.5. The lowest BCUT2D eigenvalue weighted by Gasteiger charge is -2.42. The number of hydrogen-bond acceptors (Lipinski definition) is 2. The van der Waals surface area contributed by atoms with Crippen molar-refractivity contribution >= 4 is 17.0 Å². The molecule has 2 fully saturated rings. The molecule has 164 valence electrons. The zero-order chi connectivity index (χ0) is 21.1. The Morgan fingerprint density at radius 1 is 1.07 bits per heavy atom. The number of piperidine rings is 1. The van der Waals surface area contributed by atoms with Gasteiger partial charge in [0.15, 0.2) is 0 Å². The molecule has 0 spiro atoms. The van der Waals surface area contributed by atoms with Crippen LogP contribution < -0.4 is 5.32 Å². The molecule has 0 bridgehead atoms. The molecular weight excluding hydrogens is 374 g/mol. The van der Waals surface area contributed by atoms with Crippen LogP contribution in [0.2, 0.25) is 0 Å². The molecule has 2 aliphatic rings. The molecular formula is C25H37N3O2. The monoisotopic (exact) mass is 411 g/mol. The first kappa shape index (κ1) is 21.2. The first-order chi connectivity index (χ1) is 14.5. The Hall–Kier alpha value is -2.01. The predicted molar refractivity (Wildman–Crippen MR) is 122 cm³/mol.